The predicted octanol–water partition coefficient (Wildman–Crippen LogP) is 4.57. The van der Waals surface area contributed by atoms with Crippen molar-refractivity contribution < 1.29 is 14.0 Å². The molecule has 1 aliphatic rings. The lowest BCUT2D eigenvalue weighted by molar-refractivity contribution is -0.120. The zero-order valence-corrected chi connectivity index (χ0v) is 14.1. The summed E-state index contributed by atoms with van der Waals surface area (Å²) in [7, 11) is 0. The summed E-state index contributed by atoms with van der Waals surface area (Å²) in [5.74, 6) is -2.30. The lowest BCUT2D eigenvalue weighted by Crippen LogP contribution is -2.33. The SMILES string of the molecule is O=C1C(Cl)=C(Nc2cc(Cl)cc(Cl)c2)C(=O)N1c1ccccc1F. The first-order valence-electron chi connectivity index (χ1n) is 6.64. The molecule has 1 aliphatic heterocycles. The molecule has 122 valence electrons. The monoisotopic (exact) mass is 384 g/mol. The molecule has 1 N–H and O–H groups in total. The minimum atomic E-state index is -0.817. The predicted molar refractivity (Wildman–Crippen MR) is 91.9 cm³/mol. The maximum absolute atomic E-state index is 13.9. The summed E-state index contributed by atoms with van der Waals surface area (Å²) < 4.78 is 13.9. The zero-order valence-electron chi connectivity index (χ0n) is 11.8. The Labute approximate surface area is 151 Å². The van der Waals surface area contributed by atoms with Crippen LogP contribution in [0.1, 0.15) is 0 Å². The van der Waals surface area contributed by atoms with E-state index >= 15 is 0 Å². The molecule has 8 heteroatoms. The lowest BCUT2D eigenvalue weighted by atomic mass is 10.2. The highest BCUT2D eigenvalue weighted by molar-refractivity contribution is 6.53. The normalized spacial score (nSPS) is 14.6. The van der Waals surface area contributed by atoms with Crippen LogP contribution in [0.4, 0.5) is 15.8 Å². The molecular weight excluding hydrogens is 378 g/mol. The van der Waals surface area contributed by atoms with Crippen molar-refractivity contribution in [2.24, 2.45) is 0 Å². The second kappa shape index (κ2) is 6.43. The molecule has 0 unspecified atom stereocenters. The van der Waals surface area contributed by atoms with Crippen molar-refractivity contribution in [3.05, 3.63) is 69.1 Å². The van der Waals surface area contributed by atoms with Gasteiger partial charge in [0.05, 0.1) is 5.69 Å². The summed E-state index contributed by atoms with van der Waals surface area (Å²) in [4.78, 5) is 25.5. The smallest absolute Gasteiger partial charge is 0.283 e. The number of carbonyl (C=O) groups is 2. The highest BCUT2D eigenvalue weighted by Crippen LogP contribution is 2.32. The van der Waals surface area contributed by atoms with Crippen LogP contribution in [-0.2, 0) is 9.59 Å². The Hall–Kier alpha value is -2.08. The first-order chi connectivity index (χ1) is 11.4. The Morgan fingerprint density at radius 1 is 0.917 bits per heavy atom. The molecule has 2 amide bonds. The fourth-order valence-electron chi connectivity index (χ4n) is 2.23. The third kappa shape index (κ3) is 2.98. The number of para-hydroxylation sites is 1. The van der Waals surface area contributed by atoms with Gasteiger partial charge in [0.1, 0.15) is 16.5 Å². The third-order valence-electron chi connectivity index (χ3n) is 3.25. The molecule has 3 rings (SSSR count). The average Bonchev–Trinajstić information content (AvgIpc) is 2.71. The van der Waals surface area contributed by atoms with Crippen LogP contribution in [0.5, 0.6) is 0 Å². The molecule has 24 heavy (non-hydrogen) atoms. The van der Waals surface area contributed by atoms with Gasteiger partial charge in [0, 0.05) is 15.7 Å². The fourth-order valence-corrected chi connectivity index (χ4v) is 2.97. The number of hydrogen-bond acceptors (Lipinski definition) is 3. The van der Waals surface area contributed by atoms with Gasteiger partial charge in [0.15, 0.2) is 0 Å². The van der Waals surface area contributed by atoms with Crippen LogP contribution in [-0.4, -0.2) is 11.8 Å². The van der Waals surface area contributed by atoms with E-state index in [0.717, 1.165) is 6.07 Å². The number of imide groups is 1. The van der Waals surface area contributed by atoms with Crippen molar-refractivity contribution in [1.82, 2.24) is 0 Å². The maximum atomic E-state index is 13.9. The highest BCUT2D eigenvalue weighted by Gasteiger charge is 2.40. The summed E-state index contributed by atoms with van der Waals surface area (Å²) in [6.45, 7) is 0. The number of nitrogens with zero attached hydrogens (tertiary/aromatic N) is 1. The highest BCUT2D eigenvalue weighted by atomic mass is 35.5. The molecule has 0 atom stereocenters. The number of amides is 2. The van der Waals surface area contributed by atoms with E-state index in [4.69, 9.17) is 34.8 Å². The molecule has 0 bridgehead atoms. The van der Waals surface area contributed by atoms with Crippen molar-refractivity contribution >= 4 is 58.0 Å². The van der Waals surface area contributed by atoms with E-state index in [9.17, 15) is 14.0 Å². The number of rotatable bonds is 3. The third-order valence-corrected chi connectivity index (χ3v) is 4.04. The van der Waals surface area contributed by atoms with Crippen molar-refractivity contribution in [3.8, 4) is 0 Å². The molecule has 0 aromatic heterocycles. The van der Waals surface area contributed by atoms with Crippen molar-refractivity contribution in [1.29, 1.82) is 0 Å². The quantitative estimate of drug-likeness (QED) is 0.788. The van der Waals surface area contributed by atoms with E-state index < -0.39 is 17.6 Å². The van der Waals surface area contributed by atoms with Gasteiger partial charge in [-0.25, -0.2) is 9.29 Å². The van der Waals surface area contributed by atoms with E-state index in [2.05, 4.69) is 5.32 Å². The summed E-state index contributed by atoms with van der Waals surface area (Å²) in [5, 5.41) is 3.04. The van der Waals surface area contributed by atoms with Crippen LogP contribution < -0.4 is 10.2 Å². The Morgan fingerprint density at radius 2 is 1.54 bits per heavy atom. The summed E-state index contributed by atoms with van der Waals surface area (Å²) in [6, 6.07) is 9.95. The van der Waals surface area contributed by atoms with Gasteiger partial charge >= 0.3 is 0 Å². The molecule has 2 aromatic rings. The molecule has 2 aromatic carbocycles. The Kier molecular flexibility index (Phi) is 4.49. The van der Waals surface area contributed by atoms with Gasteiger partial charge in [-0.1, -0.05) is 46.9 Å². The van der Waals surface area contributed by atoms with Crippen LogP contribution in [0.15, 0.2) is 53.2 Å². The van der Waals surface area contributed by atoms with Crippen molar-refractivity contribution in [2.75, 3.05) is 10.2 Å². The Morgan fingerprint density at radius 3 is 2.17 bits per heavy atom. The number of benzene rings is 2. The molecule has 1 heterocycles. The minimum Gasteiger partial charge on any atom is -0.350 e. The molecular formula is C16H8Cl3FN2O2. The standard InChI is InChI=1S/C16H8Cl3FN2O2/c17-8-5-9(18)7-10(6-8)21-14-13(19)15(23)22(16(14)24)12-4-2-1-3-11(12)20/h1-7,21H. The van der Waals surface area contributed by atoms with E-state index in [1.54, 1.807) is 0 Å². The number of anilines is 2. The minimum absolute atomic E-state index is 0.174. The number of nitrogens with one attached hydrogen (secondary N) is 1. The molecule has 0 saturated heterocycles. The Balaban J connectivity index is 1.96. The molecule has 0 spiro atoms. The average molecular weight is 386 g/mol. The van der Waals surface area contributed by atoms with Crippen LogP contribution in [0.2, 0.25) is 10.0 Å². The van der Waals surface area contributed by atoms with Crippen LogP contribution in [0.25, 0.3) is 0 Å². The summed E-state index contributed by atoms with van der Waals surface area (Å²) >= 11 is 17.8. The van der Waals surface area contributed by atoms with Gasteiger partial charge in [-0.2, -0.15) is 0 Å². The molecule has 0 fully saturated rings. The molecule has 0 radical (unpaired) electrons. The van der Waals surface area contributed by atoms with Crippen LogP contribution in [0, 0.1) is 5.82 Å². The zero-order chi connectivity index (χ0) is 17.4. The van der Waals surface area contributed by atoms with E-state index in [1.165, 1.54) is 36.4 Å². The first-order valence-corrected chi connectivity index (χ1v) is 7.78. The fraction of sp³-hybridized carbons (Fsp3) is 0. The second-order valence-corrected chi connectivity index (χ2v) is 6.12. The van der Waals surface area contributed by atoms with Gasteiger partial charge in [-0.05, 0) is 30.3 Å². The van der Waals surface area contributed by atoms with Crippen molar-refractivity contribution in [3.63, 3.8) is 0 Å². The van der Waals surface area contributed by atoms with Gasteiger partial charge in [0.25, 0.3) is 11.8 Å². The number of halogens is 4. The number of carbonyl (C=O) groups excluding carboxylic acids is 2. The topological polar surface area (TPSA) is 49.4 Å². The first kappa shape index (κ1) is 16.8. The Bertz CT molecular complexity index is 878. The number of hydrogen-bond donors (Lipinski definition) is 1. The maximum Gasteiger partial charge on any atom is 0.283 e. The van der Waals surface area contributed by atoms with Crippen LogP contribution in [0.3, 0.4) is 0 Å². The van der Waals surface area contributed by atoms with Gasteiger partial charge in [0.2, 0.25) is 0 Å². The molecule has 0 saturated carbocycles. The van der Waals surface area contributed by atoms with Crippen LogP contribution >= 0.6 is 34.8 Å². The van der Waals surface area contributed by atoms with E-state index in [-0.39, 0.29) is 16.4 Å². The molecule has 4 nitrogen and oxygen atoms in total. The summed E-state index contributed by atoms with van der Waals surface area (Å²) in [6.07, 6.45) is 0. The molecule has 0 aliphatic carbocycles. The lowest BCUT2D eigenvalue weighted by Gasteiger charge is -2.15. The van der Waals surface area contributed by atoms with Crippen molar-refractivity contribution in [2.45, 2.75) is 0 Å². The van der Waals surface area contributed by atoms with Gasteiger partial charge in [-0.3, -0.25) is 9.59 Å². The van der Waals surface area contributed by atoms with Gasteiger partial charge in [-0.15, -0.1) is 0 Å². The van der Waals surface area contributed by atoms with E-state index in [1.807, 2.05) is 0 Å². The largest absolute Gasteiger partial charge is 0.350 e. The second-order valence-electron chi connectivity index (χ2n) is 4.87. The van der Waals surface area contributed by atoms with Gasteiger partial charge < -0.3 is 5.32 Å². The summed E-state index contributed by atoms with van der Waals surface area (Å²) in [5.41, 5.74) is 0.0204. The van der Waals surface area contributed by atoms with E-state index in [0.29, 0.717) is 20.6 Å².